The summed E-state index contributed by atoms with van der Waals surface area (Å²) in [6.45, 7) is 0.986. The summed E-state index contributed by atoms with van der Waals surface area (Å²) >= 11 is 0. The summed E-state index contributed by atoms with van der Waals surface area (Å²) in [5.74, 6) is 0.783. The van der Waals surface area contributed by atoms with E-state index in [0.717, 1.165) is 5.69 Å². The predicted molar refractivity (Wildman–Crippen MR) is 66.8 cm³/mol. The fourth-order valence-electron chi connectivity index (χ4n) is 2.19. The van der Waals surface area contributed by atoms with Crippen molar-refractivity contribution in [1.29, 1.82) is 0 Å². The number of Topliss-reactive ketones (excluding diaryl/α,β-unsaturated/α-hetero) is 1. The van der Waals surface area contributed by atoms with E-state index < -0.39 is 0 Å². The molecule has 2 heterocycles. The van der Waals surface area contributed by atoms with Crippen LogP contribution in [-0.4, -0.2) is 39.2 Å². The van der Waals surface area contributed by atoms with Gasteiger partial charge in [0.05, 0.1) is 18.9 Å². The van der Waals surface area contributed by atoms with E-state index in [-0.39, 0.29) is 11.7 Å². The number of hydrogen-bond acceptors (Lipinski definition) is 5. The van der Waals surface area contributed by atoms with Crippen LogP contribution in [0.15, 0.2) is 30.3 Å². The molecule has 1 fully saturated rings. The molecule has 1 aromatic heterocycles. The van der Waals surface area contributed by atoms with Gasteiger partial charge in [-0.15, -0.1) is 5.10 Å². The lowest BCUT2D eigenvalue weighted by molar-refractivity contribution is -0.130. The van der Waals surface area contributed by atoms with Crippen LogP contribution < -0.4 is 0 Å². The number of rotatable bonds is 3. The molecule has 3 rings (SSSR count). The Morgan fingerprint density at radius 2 is 2.16 bits per heavy atom. The number of benzene rings is 1. The van der Waals surface area contributed by atoms with Crippen LogP contribution in [0.4, 0.5) is 0 Å². The van der Waals surface area contributed by atoms with Gasteiger partial charge in [-0.2, -0.15) is 4.68 Å². The van der Waals surface area contributed by atoms with Crippen molar-refractivity contribution in [3.05, 3.63) is 36.2 Å². The van der Waals surface area contributed by atoms with Crippen molar-refractivity contribution in [3.63, 3.8) is 0 Å². The molecule has 98 valence electrons. The second-order valence-electron chi connectivity index (χ2n) is 4.53. The lowest BCUT2D eigenvalue weighted by Gasteiger charge is -2.20. The molecule has 0 radical (unpaired) electrons. The summed E-state index contributed by atoms with van der Waals surface area (Å²) in [4.78, 5) is 11.8. The zero-order valence-electron chi connectivity index (χ0n) is 10.4. The molecule has 1 saturated heterocycles. The van der Waals surface area contributed by atoms with Crippen molar-refractivity contribution < 1.29 is 9.53 Å². The van der Waals surface area contributed by atoms with Gasteiger partial charge in [0.25, 0.3) is 0 Å². The van der Waals surface area contributed by atoms with Crippen LogP contribution in [0.2, 0.25) is 0 Å². The van der Waals surface area contributed by atoms with Gasteiger partial charge in [0, 0.05) is 18.8 Å². The number of para-hydroxylation sites is 1. The number of ketones is 1. The van der Waals surface area contributed by atoms with E-state index in [1.54, 1.807) is 4.68 Å². The molecule has 0 spiro atoms. The number of hydrogen-bond donors (Lipinski definition) is 0. The highest BCUT2D eigenvalue weighted by molar-refractivity contribution is 5.81. The number of carbonyl (C=O) groups is 1. The minimum Gasteiger partial charge on any atom is -0.380 e. The first-order valence-corrected chi connectivity index (χ1v) is 6.28. The monoisotopic (exact) mass is 258 g/mol. The van der Waals surface area contributed by atoms with Crippen molar-refractivity contribution in [2.75, 3.05) is 13.2 Å². The third-order valence-corrected chi connectivity index (χ3v) is 3.23. The maximum Gasteiger partial charge on any atom is 0.157 e. The highest BCUT2D eigenvalue weighted by Crippen LogP contribution is 2.16. The SMILES string of the molecule is O=C1CCOCC1Cc1nnnn1-c1ccccc1. The van der Waals surface area contributed by atoms with Crippen molar-refractivity contribution >= 4 is 5.78 Å². The normalized spacial score (nSPS) is 19.6. The van der Waals surface area contributed by atoms with Crippen LogP contribution in [-0.2, 0) is 16.0 Å². The molecular formula is C13H14N4O2. The molecule has 2 aromatic rings. The van der Waals surface area contributed by atoms with Crippen LogP contribution in [0.3, 0.4) is 0 Å². The molecule has 0 saturated carbocycles. The Kier molecular flexibility index (Phi) is 3.33. The Balaban J connectivity index is 1.82. The van der Waals surface area contributed by atoms with E-state index >= 15 is 0 Å². The van der Waals surface area contributed by atoms with Gasteiger partial charge in [0.15, 0.2) is 5.82 Å². The van der Waals surface area contributed by atoms with E-state index in [1.165, 1.54) is 0 Å². The molecule has 0 N–H and O–H groups in total. The van der Waals surface area contributed by atoms with Crippen molar-refractivity contribution in [2.45, 2.75) is 12.8 Å². The lowest BCUT2D eigenvalue weighted by Crippen LogP contribution is -2.30. The van der Waals surface area contributed by atoms with Gasteiger partial charge in [-0.3, -0.25) is 4.79 Å². The summed E-state index contributed by atoms with van der Waals surface area (Å²) in [6.07, 6.45) is 0.998. The third-order valence-electron chi connectivity index (χ3n) is 3.23. The van der Waals surface area contributed by atoms with E-state index in [4.69, 9.17) is 4.74 Å². The largest absolute Gasteiger partial charge is 0.380 e. The van der Waals surface area contributed by atoms with E-state index in [0.29, 0.717) is 31.9 Å². The van der Waals surface area contributed by atoms with E-state index in [9.17, 15) is 4.79 Å². The van der Waals surface area contributed by atoms with Gasteiger partial charge < -0.3 is 4.74 Å². The van der Waals surface area contributed by atoms with Crippen molar-refractivity contribution in [3.8, 4) is 5.69 Å². The molecule has 19 heavy (non-hydrogen) atoms. The summed E-state index contributed by atoms with van der Waals surface area (Å²) in [7, 11) is 0. The number of carbonyl (C=O) groups excluding carboxylic acids is 1. The molecule has 0 bridgehead atoms. The Morgan fingerprint density at radius 1 is 1.32 bits per heavy atom. The number of tetrazole rings is 1. The van der Waals surface area contributed by atoms with Gasteiger partial charge in [-0.25, -0.2) is 0 Å². The fraction of sp³-hybridized carbons (Fsp3) is 0.385. The molecular weight excluding hydrogens is 244 g/mol. The average molecular weight is 258 g/mol. The Morgan fingerprint density at radius 3 is 2.95 bits per heavy atom. The summed E-state index contributed by atoms with van der Waals surface area (Å²) in [5, 5.41) is 11.7. The predicted octanol–water partition coefficient (Wildman–Crippen LogP) is 0.810. The zero-order valence-corrected chi connectivity index (χ0v) is 10.4. The van der Waals surface area contributed by atoms with Gasteiger partial charge in [-0.05, 0) is 22.6 Å². The fourth-order valence-corrected chi connectivity index (χ4v) is 2.19. The minimum atomic E-state index is -0.137. The quantitative estimate of drug-likeness (QED) is 0.814. The highest BCUT2D eigenvalue weighted by atomic mass is 16.5. The molecule has 1 aliphatic rings. The van der Waals surface area contributed by atoms with Crippen LogP contribution in [0.25, 0.3) is 5.69 Å². The third kappa shape index (κ3) is 2.53. The summed E-state index contributed by atoms with van der Waals surface area (Å²) in [6, 6.07) is 9.65. The Hall–Kier alpha value is -2.08. The standard InChI is InChI=1S/C13H14N4O2/c18-12-6-7-19-9-10(12)8-13-14-15-16-17(13)11-4-2-1-3-5-11/h1-5,10H,6-9H2. The van der Waals surface area contributed by atoms with Crippen LogP contribution in [0, 0.1) is 5.92 Å². The first-order chi connectivity index (χ1) is 9.34. The summed E-state index contributed by atoms with van der Waals surface area (Å²) < 4.78 is 7.02. The van der Waals surface area contributed by atoms with E-state index in [2.05, 4.69) is 15.5 Å². The molecule has 6 heteroatoms. The first kappa shape index (κ1) is 12.0. The molecule has 0 amide bonds. The molecule has 6 nitrogen and oxygen atoms in total. The molecule has 1 aliphatic heterocycles. The van der Waals surface area contributed by atoms with Gasteiger partial charge in [0.2, 0.25) is 0 Å². The number of ether oxygens (including phenoxy) is 1. The maximum atomic E-state index is 11.8. The van der Waals surface area contributed by atoms with Crippen molar-refractivity contribution in [2.24, 2.45) is 5.92 Å². The minimum absolute atomic E-state index is 0.137. The van der Waals surface area contributed by atoms with Crippen LogP contribution in [0.5, 0.6) is 0 Å². The molecule has 1 atom stereocenters. The molecule has 1 unspecified atom stereocenters. The van der Waals surface area contributed by atoms with E-state index in [1.807, 2.05) is 30.3 Å². The second-order valence-corrected chi connectivity index (χ2v) is 4.53. The smallest absolute Gasteiger partial charge is 0.157 e. The topological polar surface area (TPSA) is 69.9 Å². The maximum absolute atomic E-state index is 11.8. The summed E-state index contributed by atoms with van der Waals surface area (Å²) in [5.41, 5.74) is 0.895. The number of nitrogens with zero attached hydrogens (tertiary/aromatic N) is 4. The van der Waals surface area contributed by atoms with Crippen LogP contribution >= 0.6 is 0 Å². The molecule has 0 aliphatic carbocycles. The second kappa shape index (κ2) is 5.27. The van der Waals surface area contributed by atoms with Gasteiger partial charge in [0.1, 0.15) is 5.78 Å². The number of aromatic nitrogens is 4. The van der Waals surface area contributed by atoms with Crippen LogP contribution in [0.1, 0.15) is 12.2 Å². The van der Waals surface area contributed by atoms with Gasteiger partial charge in [-0.1, -0.05) is 18.2 Å². The zero-order chi connectivity index (χ0) is 13.1. The molecule has 1 aromatic carbocycles. The Bertz CT molecular complexity index is 567. The Labute approximate surface area is 110 Å². The first-order valence-electron chi connectivity index (χ1n) is 6.28. The highest BCUT2D eigenvalue weighted by Gasteiger charge is 2.25. The van der Waals surface area contributed by atoms with Gasteiger partial charge >= 0.3 is 0 Å². The average Bonchev–Trinajstić information content (AvgIpc) is 2.91. The van der Waals surface area contributed by atoms with Crippen molar-refractivity contribution in [1.82, 2.24) is 20.2 Å². The lowest BCUT2D eigenvalue weighted by atomic mass is 9.97.